The average Bonchev–Trinajstić information content (AvgIpc) is 2.93. The fourth-order valence-electron chi connectivity index (χ4n) is 2.26. The first kappa shape index (κ1) is 16.5. The van der Waals surface area contributed by atoms with Crippen molar-refractivity contribution in [3.05, 3.63) is 60.4 Å². The fourth-order valence-corrected chi connectivity index (χ4v) is 3.26. The quantitative estimate of drug-likeness (QED) is 0.411. The maximum atomic E-state index is 12.1. The summed E-state index contributed by atoms with van der Waals surface area (Å²) in [6.07, 6.45) is 3.39. The van der Waals surface area contributed by atoms with Crippen LogP contribution in [0, 0.1) is 0 Å². The average molecular weight is 359 g/mol. The number of para-hydroxylation sites is 2. The van der Waals surface area contributed by atoms with Gasteiger partial charge in [-0.3, -0.25) is 4.79 Å². The molecule has 0 atom stereocenters. The first-order chi connectivity index (χ1) is 11.7. The molecule has 0 unspecified atom stereocenters. The van der Waals surface area contributed by atoms with Crippen LogP contribution in [0.3, 0.4) is 0 Å². The summed E-state index contributed by atoms with van der Waals surface area (Å²) in [4.78, 5) is 20.7. The molecule has 0 fully saturated rings. The molecule has 0 saturated heterocycles. The topological polar surface area (TPSA) is 59.8 Å². The van der Waals surface area contributed by atoms with Gasteiger partial charge in [-0.2, -0.15) is 0 Å². The number of fused-ring (bicyclic) bond motifs is 1. The number of thioether (sulfide) groups is 1. The third kappa shape index (κ3) is 3.60. The fraction of sp³-hybridized carbons (Fsp3) is 0.118. The van der Waals surface area contributed by atoms with E-state index in [1.165, 1.54) is 11.8 Å². The monoisotopic (exact) mass is 358 g/mol. The van der Waals surface area contributed by atoms with Crippen LogP contribution >= 0.6 is 23.4 Å². The highest BCUT2D eigenvalue weighted by Crippen LogP contribution is 2.25. The van der Waals surface area contributed by atoms with E-state index in [1.807, 2.05) is 34.9 Å². The standard InChI is InChI=1S/C17H15ClN4OS/c1-2-10-22-14-8-4-3-6-12(14)21-17(22)24-11-15(23)20-13-7-5-9-19-16(13)18/h2-9H,1,10-11H2,(H,20,23). The highest BCUT2D eigenvalue weighted by Gasteiger charge is 2.13. The molecule has 24 heavy (non-hydrogen) atoms. The van der Waals surface area contributed by atoms with Crippen LogP contribution in [0.2, 0.25) is 5.15 Å². The Bertz CT molecular complexity index is 893. The zero-order valence-electron chi connectivity index (χ0n) is 12.8. The van der Waals surface area contributed by atoms with Gasteiger partial charge in [-0.15, -0.1) is 6.58 Å². The molecule has 2 heterocycles. The number of hydrogen-bond acceptors (Lipinski definition) is 4. The Labute approximate surface area is 148 Å². The number of allylic oxidation sites excluding steroid dienone is 1. The van der Waals surface area contributed by atoms with Crippen molar-refractivity contribution in [2.45, 2.75) is 11.7 Å². The molecule has 0 spiro atoms. The van der Waals surface area contributed by atoms with Gasteiger partial charge in [0.1, 0.15) is 0 Å². The van der Waals surface area contributed by atoms with Gasteiger partial charge in [0.05, 0.1) is 22.5 Å². The normalized spacial score (nSPS) is 10.7. The van der Waals surface area contributed by atoms with Gasteiger partial charge in [-0.25, -0.2) is 9.97 Å². The number of pyridine rings is 1. The minimum Gasteiger partial charge on any atom is -0.323 e. The predicted octanol–water partition coefficient (Wildman–Crippen LogP) is 4.00. The van der Waals surface area contributed by atoms with Crippen LogP contribution in [-0.4, -0.2) is 26.2 Å². The van der Waals surface area contributed by atoms with Crippen LogP contribution in [0.15, 0.2) is 60.4 Å². The van der Waals surface area contributed by atoms with E-state index in [9.17, 15) is 4.79 Å². The summed E-state index contributed by atoms with van der Waals surface area (Å²) in [5.74, 6) is 0.0678. The molecular formula is C17H15ClN4OS. The van der Waals surface area contributed by atoms with E-state index in [-0.39, 0.29) is 16.8 Å². The third-order valence-corrected chi connectivity index (χ3v) is 4.57. The molecule has 0 saturated carbocycles. The Morgan fingerprint density at radius 2 is 2.17 bits per heavy atom. The summed E-state index contributed by atoms with van der Waals surface area (Å²) in [7, 11) is 0. The molecule has 0 radical (unpaired) electrons. The zero-order valence-corrected chi connectivity index (χ0v) is 14.3. The number of halogens is 1. The highest BCUT2D eigenvalue weighted by molar-refractivity contribution is 7.99. The second-order valence-corrected chi connectivity index (χ2v) is 6.26. The van der Waals surface area contributed by atoms with E-state index in [2.05, 4.69) is 21.9 Å². The summed E-state index contributed by atoms with van der Waals surface area (Å²) in [5.41, 5.74) is 2.43. The smallest absolute Gasteiger partial charge is 0.234 e. The number of hydrogen-bond donors (Lipinski definition) is 1. The summed E-state index contributed by atoms with van der Waals surface area (Å²) in [6.45, 7) is 4.42. The van der Waals surface area contributed by atoms with Crippen molar-refractivity contribution in [2.24, 2.45) is 0 Å². The summed E-state index contributed by atoms with van der Waals surface area (Å²) in [6, 6.07) is 11.3. The number of aromatic nitrogens is 3. The van der Waals surface area contributed by atoms with Gasteiger partial charge < -0.3 is 9.88 Å². The second kappa shape index (κ2) is 7.51. The molecule has 1 aromatic carbocycles. The lowest BCUT2D eigenvalue weighted by Crippen LogP contribution is -2.15. The van der Waals surface area contributed by atoms with E-state index in [0.717, 1.165) is 16.2 Å². The summed E-state index contributed by atoms with van der Waals surface area (Å²) >= 11 is 7.32. The Balaban J connectivity index is 1.73. The molecule has 7 heteroatoms. The van der Waals surface area contributed by atoms with Crippen LogP contribution in [0.4, 0.5) is 5.69 Å². The molecular weight excluding hydrogens is 344 g/mol. The van der Waals surface area contributed by atoms with Crippen molar-refractivity contribution in [3.63, 3.8) is 0 Å². The molecule has 1 amide bonds. The zero-order chi connectivity index (χ0) is 16.9. The summed E-state index contributed by atoms with van der Waals surface area (Å²) in [5, 5.41) is 3.81. The number of carbonyl (C=O) groups is 1. The minimum atomic E-state index is -0.160. The van der Waals surface area contributed by atoms with Gasteiger partial charge in [0.25, 0.3) is 0 Å². The van der Waals surface area contributed by atoms with Crippen molar-refractivity contribution < 1.29 is 4.79 Å². The van der Waals surface area contributed by atoms with Crippen LogP contribution < -0.4 is 5.32 Å². The Morgan fingerprint density at radius 3 is 2.96 bits per heavy atom. The third-order valence-electron chi connectivity index (χ3n) is 3.30. The number of carbonyl (C=O) groups excluding carboxylic acids is 1. The second-order valence-electron chi connectivity index (χ2n) is 4.96. The Hall–Kier alpha value is -2.31. The van der Waals surface area contributed by atoms with Crippen LogP contribution in [0.5, 0.6) is 0 Å². The molecule has 3 rings (SSSR count). The first-order valence-corrected chi connectivity index (χ1v) is 8.64. The van der Waals surface area contributed by atoms with Crippen molar-refractivity contribution >= 4 is 46.0 Å². The molecule has 0 aliphatic rings. The molecule has 0 aliphatic carbocycles. The number of benzene rings is 1. The van der Waals surface area contributed by atoms with Gasteiger partial charge in [0.15, 0.2) is 10.3 Å². The molecule has 5 nitrogen and oxygen atoms in total. The van der Waals surface area contributed by atoms with E-state index >= 15 is 0 Å². The number of anilines is 1. The Morgan fingerprint density at radius 1 is 1.33 bits per heavy atom. The maximum absolute atomic E-state index is 12.1. The van der Waals surface area contributed by atoms with Crippen LogP contribution in [0.25, 0.3) is 11.0 Å². The number of nitrogens with zero attached hydrogens (tertiary/aromatic N) is 3. The molecule has 3 aromatic rings. The first-order valence-electron chi connectivity index (χ1n) is 7.28. The molecule has 1 N–H and O–H groups in total. The van der Waals surface area contributed by atoms with Crippen molar-refractivity contribution in [1.29, 1.82) is 0 Å². The number of imidazole rings is 1. The number of amides is 1. The number of rotatable bonds is 6. The Kier molecular flexibility index (Phi) is 5.17. The lowest BCUT2D eigenvalue weighted by atomic mass is 10.3. The lowest BCUT2D eigenvalue weighted by molar-refractivity contribution is -0.113. The van der Waals surface area contributed by atoms with E-state index in [4.69, 9.17) is 11.6 Å². The van der Waals surface area contributed by atoms with Gasteiger partial charge in [-0.1, -0.05) is 41.6 Å². The predicted molar refractivity (Wildman–Crippen MR) is 98.5 cm³/mol. The van der Waals surface area contributed by atoms with Gasteiger partial charge in [0.2, 0.25) is 5.91 Å². The lowest BCUT2D eigenvalue weighted by Gasteiger charge is -2.07. The van der Waals surface area contributed by atoms with Crippen LogP contribution in [-0.2, 0) is 11.3 Å². The largest absolute Gasteiger partial charge is 0.323 e. The van der Waals surface area contributed by atoms with Crippen molar-refractivity contribution in [1.82, 2.24) is 14.5 Å². The maximum Gasteiger partial charge on any atom is 0.234 e. The van der Waals surface area contributed by atoms with E-state index in [1.54, 1.807) is 18.3 Å². The van der Waals surface area contributed by atoms with Crippen molar-refractivity contribution in [3.8, 4) is 0 Å². The number of nitrogens with one attached hydrogen (secondary N) is 1. The molecule has 122 valence electrons. The molecule has 0 bridgehead atoms. The molecule has 0 aliphatic heterocycles. The minimum absolute atomic E-state index is 0.160. The van der Waals surface area contributed by atoms with Gasteiger partial charge >= 0.3 is 0 Å². The van der Waals surface area contributed by atoms with E-state index < -0.39 is 0 Å². The summed E-state index contributed by atoms with van der Waals surface area (Å²) < 4.78 is 2.04. The van der Waals surface area contributed by atoms with Crippen LogP contribution in [0.1, 0.15) is 0 Å². The highest BCUT2D eigenvalue weighted by atomic mass is 35.5. The SMILES string of the molecule is C=CCn1c(SCC(=O)Nc2cccnc2Cl)nc2ccccc21. The van der Waals surface area contributed by atoms with Gasteiger partial charge in [-0.05, 0) is 24.3 Å². The van der Waals surface area contributed by atoms with Crippen molar-refractivity contribution in [2.75, 3.05) is 11.1 Å². The molecule has 2 aromatic heterocycles. The van der Waals surface area contributed by atoms with Gasteiger partial charge in [0, 0.05) is 12.7 Å². The van der Waals surface area contributed by atoms with E-state index in [0.29, 0.717) is 12.2 Å².